The lowest BCUT2D eigenvalue weighted by Crippen LogP contribution is -2.37. The molecule has 4 rings (SSSR count). The van der Waals surface area contributed by atoms with Crippen molar-refractivity contribution in [3.63, 3.8) is 0 Å². The largest absolute Gasteiger partial charge is 0.496 e. The second-order valence-corrected chi connectivity index (χ2v) is 7.85. The monoisotopic (exact) mass is 460 g/mol. The Morgan fingerprint density at radius 1 is 1.12 bits per heavy atom. The lowest BCUT2D eigenvalue weighted by atomic mass is 10.1. The summed E-state index contributed by atoms with van der Waals surface area (Å²) in [5, 5.41) is 4.89. The molecule has 0 spiro atoms. The number of aromatic nitrogens is 1. The third-order valence-electron chi connectivity index (χ3n) is 5.28. The summed E-state index contributed by atoms with van der Waals surface area (Å²) in [5.74, 6) is -6.19. The second-order valence-electron chi connectivity index (χ2n) is 7.85. The topological polar surface area (TPSA) is 116 Å². The molecule has 4 N–H and O–H groups in total. The molecule has 2 aromatic carbocycles. The van der Waals surface area contributed by atoms with E-state index in [0.29, 0.717) is 6.07 Å². The van der Waals surface area contributed by atoms with Crippen LogP contribution in [-0.2, 0) is 0 Å². The smallest absolute Gasteiger partial charge is 0.319 e. The van der Waals surface area contributed by atoms with Crippen LogP contribution in [0.3, 0.4) is 0 Å². The number of urea groups is 1. The highest BCUT2D eigenvalue weighted by Gasteiger charge is 2.39. The van der Waals surface area contributed by atoms with Gasteiger partial charge in [-0.05, 0) is 31.9 Å². The fourth-order valence-electron chi connectivity index (χ4n) is 3.21. The number of halogens is 3. The van der Waals surface area contributed by atoms with E-state index in [2.05, 4.69) is 15.6 Å². The van der Waals surface area contributed by atoms with Crippen molar-refractivity contribution in [1.82, 2.24) is 10.3 Å². The maximum atomic E-state index is 14.7. The molecule has 11 heteroatoms. The van der Waals surface area contributed by atoms with Crippen LogP contribution in [0.15, 0.2) is 30.5 Å². The van der Waals surface area contributed by atoms with E-state index >= 15 is 0 Å². The van der Waals surface area contributed by atoms with Gasteiger partial charge in [-0.3, -0.25) is 9.78 Å². The van der Waals surface area contributed by atoms with Crippen molar-refractivity contribution in [2.75, 3.05) is 12.4 Å². The molecule has 172 valence electrons. The van der Waals surface area contributed by atoms with Crippen LogP contribution in [0, 0.1) is 17.5 Å². The van der Waals surface area contributed by atoms with Crippen molar-refractivity contribution in [3.05, 3.63) is 53.5 Å². The molecular weight excluding hydrogens is 441 g/mol. The zero-order valence-corrected chi connectivity index (χ0v) is 17.6. The first kappa shape index (κ1) is 22.2. The van der Waals surface area contributed by atoms with Crippen LogP contribution in [0.2, 0.25) is 0 Å². The second kappa shape index (κ2) is 8.15. The van der Waals surface area contributed by atoms with Gasteiger partial charge in [0.15, 0.2) is 11.6 Å². The summed E-state index contributed by atoms with van der Waals surface area (Å²) in [6.45, 7) is 1.79. The van der Waals surface area contributed by atoms with Crippen molar-refractivity contribution in [3.8, 4) is 17.2 Å². The van der Waals surface area contributed by atoms with Gasteiger partial charge in [0.05, 0.1) is 23.9 Å². The Balaban J connectivity index is 1.69. The number of nitrogens with one attached hydrogen (secondary N) is 2. The number of ether oxygens (including phenoxy) is 2. The number of primary amides is 1. The molecule has 0 atom stereocenters. The summed E-state index contributed by atoms with van der Waals surface area (Å²) in [4.78, 5) is 27.8. The van der Waals surface area contributed by atoms with Crippen LogP contribution in [0.25, 0.3) is 10.9 Å². The Hall–Kier alpha value is -4.02. The van der Waals surface area contributed by atoms with Gasteiger partial charge in [0.25, 0.3) is 5.91 Å². The molecule has 1 saturated carbocycles. The molecule has 1 aromatic heterocycles. The maximum absolute atomic E-state index is 14.7. The Kier molecular flexibility index (Phi) is 5.48. The van der Waals surface area contributed by atoms with Gasteiger partial charge in [0.1, 0.15) is 11.5 Å². The van der Waals surface area contributed by atoms with Crippen molar-refractivity contribution >= 4 is 28.5 Å². The highest BCUT2D eigenvalue weighted by Crippen LogP contribution is 2.38. The Bertz CT molecular complexity index is 1290. The number of anilines is 1. The summed E-state index contributed by atoms with van der Waals surface area (Å²) in [6, 6.07) is 3.82. The van der Waals surface area contributed by atoms with Crippen molar-refractivity contribution in [1.29, 1.82) is 0 Å². The number of amides is 3. The minimum absolute atomic E-state index is 0.00936. The number of carbonyl (C=O) groups excluding carboxylic acids is 2. The van der Waals surface area contributed by atoms with Gasteiger partial charge in [-0.15, -0.1) is 0 Å². The molecule has 0 saturated heterocycles. The number of carbonyl (C=O) groups is 2. The van der Waals surface area contributed by atoms with Crippen LogP contribution in [-0.4, -0.2) is 29.6 Å². The molecule has 3 aromatic rings. The zero-order valence-electron chi connectivity index (χ0n) is 17.6. The van der Waals surface area contributed by atoms with Gasteiger partial charge in [0, 0.05) is 29.3 Å². The van der Waals surface area contributed by atoms with Gasteiger partial charge in [0.2, 0.25) is 11.6 Å². The fourth-order valence-corrected chi connectivity index (χ4v) is 3.21. The van der Waals surface area contributed by atoms with E-state index in [9.17, 15) is 22.8 Å². The molecule has 33 heavy (non-hydrogen) atoms. The van der Waals surface area contributed by atoms with E-state index in [0.717, 1.165) is 12.8 Å². The minimum atomic E-state index is -1.64. The van der Waals surface area contributed by atoms with Crippen LogP contribution >= 0.6 is 0 Å². The highest BCUT2D eigenvalue weighted by molar-refractivity contribution is 6.01. The summed E-state index contributed by atoms with van der Waals surface area (Å²) in [5.41, 5.74) is 4.54. The van der Waals surface area contributed by atoms with Crippen molar-refractivity contribution in [2.45, 2.75) is 25.3 Å². The van der Waals surface area contributed by atoms with Gasteiger partial charge in [-0.2, -0.15) is 4.39 Å². The van der Waals surface area contributed by atoms with E-state index in [1.165, 1.54) is 31.5 Å². The third-order valence-corrected chi connectivity index (χ3v) is 5.28. The van der Waals surface area contributed by atoms with Crippen molar-refractivity contribution < 1.29 is 32.2 Å². The molecule has 1 heterocycles. The maximum Gasteiger partial charge on any atom is 0.319 e. The average Bonchev–Trinajstić information content (AvgIpc) is 3.49. The van der Waals surface area contributed by atoms with Crippen LogP contribution < -0.4 is 25.8 Å². The van der Waals surface area contributed by atoms with Crippen LogP contribution in [0.4, 0.5) is 23.7 Å². The number of benzene rings is 2. The SMILES string of the molecule is COc1cc2nccc(Oc3c(F)cc(NC(=O)NC4(C)CC4)c(F)c3F)c2cc1C(N)=O. The summed E-state index contributed by atoms with van der Waals surface area (Å²) in [7, 11) is 1.34. The van der Waals surface area contributed by atoms with E-state index in [-0.39, 0.29) is 28.0 Å². The minimum Gasteiger partial charge on any atom is -0.496 e. The number of fused-ring (bicyclic) bond motifs is 1. The highest BCUT2D eigenvalue weighted by atomic mass is 19.2. The summed E-state index contributed by atoms with van der Waals surface area (Å²) >= 11 is 0. The van der Waals surface area contributed by atoms with E-state index < -0.39 is 46.4 Å². The van der Waals surface area contributed by atoms with Gasteiger partial charge < -0.3 is 25.8 Å². The first-order valence-electron chi connectivity index (χ1n) is 9.83. The van der Waals surface area contributed by atoms with Gasteiger partial charge in [-0.25, -0.2) is 13.6 Å². The number of hydrogen-bond acceptors (Lipinski definition) is 5. The third kappa shape index (κ3) is 4.34. The number of rotatable bonds is 6. The number of hydrogen-bond donors (Lipinski definition) is 3. The molecule has 0 unspecified atom stereocenters. The quantitative estimate of drug-likeness (QED) is 0.476. The number of methoxy groups -OCH3 is 1. The molecule has 0 aliphatic heterocycles. The lowest BCUT2D eigenvalue weighted by Gasteiger charge is -2.16. The van der Waals surface area contributed by atoms with Gasteiger partial charge >= 0.3 is 6.03 Å². The Morgan fingerprint density at radius 3 is 2.48 bits per heavy atom. The molecule has 1 aliphatic carbocycles. The molecule has 3 amide bonds. The molecule has 0 bridgehead atoms. The summed E-state index contributed by atoms with van der Waals surface area (Å²) in [6.07, 6.45) is 2.80. The van der Waals surface area contributed by atoms with Crippen LogP contribution in [0.1, 0.15) is 30.1 Å². The first-order valence-corrected chi connectivity index (χ1v) is 9.83. The standard InChI is InChI=1S/C22H19F3N4O4/c1-22(4-5-22)29-21(31)28-14-8-12(23)19(18(25)17(14)24)33-15-3-6-27-13-9-16(32-2)11(20(26)30)7-10(13)15/h3,6-9H,4-5H2,1-2H3,(H2,26,30)(H2,28,29,31). The zero-order chi connectivity index (χ0) is 23.9. The van der Waals surface area contributed by atoms with Gasteiger partial charge in [-0.1, -0.05) is 0 Å². The average molecular weight is 460 g/mol. The summed E-state index contributed by atoms with van der Waals surface area (Å²) < 4.78 is 54.4. The number of nitrogens with two attached hydrogens (primary N) is 1. The predicted octanol–water partition coefficient (Wildman–Crippen LogP) is 4.23. The van der Waals surface area contributed by atoms with E-state index in [1.807, 2.05) is 0 Å². The molecule has 1 aliphatic rings. The molecular formula is C22H19F3N4O4. The number of pyridine rings is 1. The lowest BCUT2D eigenvalue weighted by molar-refractivity contribution is 0.0997. The Morgan fingerprint density at radius 2 is 1.85 bits per heavy atom. The molecule has 8 nitrogen and oxygen atoms in total. The number of nitrogens with zero attached hydrogens (tertiary/aromatic N) is 1. The van der Waals surface area contributed by atoms with Crippen LogP contribution in [0.5, 0.6) is 17.2 Å². The molecule has 1 fully saturated rings. The molecule has 0 radical (unpaired) electrons. The normalized spacial score (nSPS) is 14.0. The van der Waals surface area contributed by atoms with E-state index in [1.54, 1.807) is 6.92 Å². The first-order chi connectivity index (χ1) is 15.6. The predicted molar refractivity (Wildman–Crippen MR) is 113 cm³/mol. The Labute approximate surface area is 185 Å². The van der Waals surface area contributed by atoms with Crippen molar-refractivity contribution in [2.24, 2.45) is 5.73 Å². The van der Waals surface area contributed by atoms with E-state index in [4.69, 9.17) is 15.2 Å². The fraction of sp³-hybridized carbons (Fsp3) is 0.227.